The van der Waals surface area contributed by atoms with E-state index in [1.165, 1.54) is 20.3 Å². The number of nitrogens with zero attached hydrogens (tertiary/aromatic N) is 1. The Morgan fingerprint density at radius 3 is 2.67 bits per heavy atom. The Kier molecular flexibility index (Phi) is 6.37. The van der Waals surface area contributed by atoms with Crippen LogP contribution in [0.25, 0.3) is 0 Å². The van der Waals surface area contributed by atoms with Gasteiger partial charge in [0.15, 0.2) is 11.7 Å². The van der Waals surface area contributed by atoms with Crippen LogP contribution in [0.2, 0.25) is 0 Å². The van der Waals surface area contributed by atoms with Gasteiger partial charge in [0.1, 0.15) is 5.75 Å². The number of Topliss-reactive ketones (excluding diaryl/α,β-unsaturated/α-hetero) is 1. The van der Waals surface area contributed by atoms with Crippen molar-refractivity contribution >= 4 is 11.7 Å². The molecule has 6 nitrogen and oxygen atoms in total. The van der Waals surface area contributed by atoms with E-state index in [1.807, 2.05) is 0 Å². The molecule has 0 aliphatic carbocycles. The van der Waals surface area contributed by atoms with Crippen molar-refractivity contribution < 1.29 is 19.1 Å². The second kappa shape index (κ2) is 8.02. The summed E-state index contributed by atoms with van der Waals surface area (Å²) >= 11 is 0. The van der Waals surface area contributed by atoms with Gasteiger partial charge in [-0.05, 0) is 19.1 Å². The molecule has 1 aromatic rings. The Morgan fingerprint density at radius 2 is 2.10 bits per heavy atom. The average molecular weight is 290 g/mol. The smallest absolute Gasteiger partial charge is 0.245 e. The monoisotopic (exact) mass is 290 g/mol. The molecule has 0 radical (unpaired) electrons. The highest BCUT2D eigenvalue weighted by Gasteiger charge is 2.28. The largest absolute Gasteiger partial charge is 0.497 e. The van der Waals surface area contributed by atoms with Crippen LogP contribution in [0.3, 0.4) is 0 Å². The summed E-state index contributed by atoms with van der Waals surface area (Å²) in [7, 11) is 2.98. The topological polar surface area (TPSA) is 88.4 Å². The normalized spacial score (nSPS) is 12.9. The third kappa shape index (κ3) is 4.58. The number of ketones is 1. The number of nitrogens with one attached hydrogen (secondary N) is 1. The molecule has 0 aromatic heterocycles. The standard InChI is InChI=1S/C15H18N2O4/c1-10(9-20-2)17-15(19)13(8-16)14(18)11-5-4-6-12(7-11)21-3/h4-7,10,13H,9H2,1-3H3,(H,17,19)/t10-,13-/m0/s1. The third-order valence-corrected chi connectivity index (χ3v) is 2.81. The minimum absolute atomic E-state index is 0.260. The molecule has 1 amide bonds. The van der Waals surface area contributed by atoms with Crippen LogP contribution in [0.15, 0.2) is 24.3 Å². The maximum Gasteiger partial charge on any atom is 0.245 e. The Labute approximate surface area is 123 Å². The van der Waals surface area contributed by atoms with E-state index in [4.69, 9.17) is 14.7 Å². The predicted octanol–water partition coefficient (Wildman–Crippen LogP) is 1.17. The minimum Gasteiger partial charge on any atom is -0.497 e. The van der Waals surface area contributed by atoms with Gasteiger partial charge in [0.05, 0.1) is 19.8 Å². The van der Waals surface area contributed by atoms with E-state index in [0.717, 1.165) is 0 Å². The van der Waals surface area contributed by atoms with E-state index in [0.29, 0.717) is 12.4 Å². The number of nitriles is 1. The molecular formula is C15H18N2O4. The van der Waals surface area contributed by atoms with Crippen LogP contribution in [0.5, 0.6) is 5.75 Å². The van der Waals surface area contributed by atoms with Crippen LogP contribution in [0.1, 0.15) is 17.3 Å². The lowest BCUT2D eigenvalue weighted by Crippen LogP contribution is -2.41. The van der Waals surface area contributed by atoms with Crippen molar-refractivity contribution in [1.82, 2.24) is 5.32 Å². The number of amides is 1. The van der Waals surface area contributed by atoms with Crippen LogP contribution in [0, 0.1) is 17.2 Å². The van der Waals surface area contributed by atoms with Crippen molar-refractivity contribution in [3.63, 3.8) is 0 Å². The minimum atomic E-state index is -1.39. The van der Waals surface area contributed by atoms with Gasteiger partial charge in [-0.15, -0.1) is 0 Å². The van der Waals surface area contributed by atoms with Gasteiger partial charge in [-0.25, -0.2) is 0 Å². The molecule has 0 spiro atoms. The number of hydrogen-bond acceptors (Lipinski definition) is 5. The maximum atomic E-state index is 12.3. The Morgan fingerprint density at radius 1 is 1.38 bits per heavy atom. The maximum absolute atomic E-state index is 12.3. The summed E-state index contributed by atoms with van der Waals surface area (Å²) in [5.74, 6) is -2.09. The number of carbonyl (C=O) groups excluding carboxylic acids is 2. The number of methoxy groups -OCH3 is 2. The number of rotatable bonds is 7. The average Bonchev–Trinajstić information content (AvgIpc) is 2.48. The zero-order valence-electron chi connectivity index (χ0n) is 12.3. The Bertz CT molecular complexity index is 551. The second-order valence-corrected chi connectivity index (χ2v) is 4.52. The summed E-state index contributed by atoms with van der Waals surface area (Å²) in [6, 6.07) is 7.81. The summed E-state index contributed by atoms with van der Waals surface area (Å²) in [6.45, 7) is 2.03. The lowest BCUT2D eigenvalue weighted by molar-refractivity contribution is -0.123. The number of hydrogen-bond donors (Lipinski definition) is 1. The lowest BCUT2D eigenvalue weighted by Gasteiger charge is -2.15. The first-order chi connectivity index (χ1) is 10.0. The molecule has 0 fully saturated rings. The molecule has 112 valence electrons. The van der Waals surface area contributed by atoms with Gasteiger partial charge in [-0.3, -0.25) is 9.59 Å². The molecule has 2 atom stereocenters. The SMILES string of the molecule is COC[C@H](C)NC(=O)[C@@H](C#N)C(=O)c1cccc(OC)c1. The molecule has 0 aliphatic rings. The summed E-state index contributed by atoms with van der Waals surface area (Å²) < 4.78 is 9.92. The van der Waals surface area contributed by atoms with E-state index >= 15 is 0 Å². The Balaban J connectivity index is 2.86. The van der Waals surface area contributed by atoms with Gasteiger partial charge in [0.25, 0.3) is 0 Å². The van der Waals surface area contributed by atoms with E-state index < -0.39 is 17.6 Å². The second-order valence-electron chi connectivity index (χ2n) is 4.52. The first-order valence-electron chi connectivity index (χ1n) is 6.40. The highest BCUT2D eigenvalue weighted by Crippen LogP contribution is 2.16. The highest BCUT2D eigenvalue weighted by atomic mass is 16.5. The van der Waals surface area contributed by atoms with Crippen LogP contribution in [-0.2, 0) is 9.53 Å². The zero-order chi connectivity index (χ0) is 15.8. The van der Waals surface area contributed by atoms with Crippen molar-refractivity contribution in [1.29, 1.82) is 5.26 Å². The molecule has 1 N–H and O–H groups in total. The number of carbonyl (C=O) groups is 2. The summed E-state index contributed by atoms with van der Waals surface area (Å²) in [5, 5.41) is 11.7. The van der Waals surface area contributed by atoms with E-state index in [9.17, 15) is 9.59 Å². The molecule has 0 saturated heterocycles. The number of ether oxygens (including phenoxy) is 2. The fraction of sp³-hybridized carbons (Fsp3) is 0.400. The molecule has 0 unspecified atom stereocenters. The fourth-order valence-corrected chi connectivity index (χ4v) is 1.80. The van der Waals surface area contributed by atoms with Crippen molar-refractivity contribution in [3.05, 3.63) is 29.8 Å². The van der Waals surface area contributed by atoms with Crippen molar-refractivity contribution in [3.8, 4) is 11.8 Å². The first kappa shape index (κ1) is 16.7. The van der Waals surface area contributed by atoms with Crippen molar-refractivity contribution in [2.45, 2.75) is 13.0 Å². The van der Waals surface area contributed by atoms with E-state index in [2.05, 4.69) is 5.32 Å². The van der Waals surface area contributed by atoms with Gasteiger partial charge >= 0.3 is 0 Å². The quantitative estimate of drug-likeness (QED) is 0.601. The molecule has 0 saturated carbocycles. The lowest BCUT2D eigenvalue weighted by atomic mass is 9.97. The van der Waals surface area contributed by atoms with E-state index in [-0.39, 0.29) is 11.6 Å². The fourth-order valence-electron chi connectivity index (χ4n) is 1.80. The van der Waals surface area contributed by atoms with Crippen LogP contribution >= 0.6 is 0 Å². The Hall–Kier alpha value is -2.39. The van der Waals surface area contributed by atoms with Gasteiger partial charge < -0.3 is 14.8 Å². The summed E-state index contributed by atoms with van der Waals surface area (Å²) in [4.78, 5) is 24.2. The first-order valence-corrected chi connectivity index (χ1v) is 6.40. The van der Waals surface area contributed by atoms with Crippen molar-refractivity contribution in [2.75, 3.05) is 20.8 Å². The van der Waals surface area contributed by atoms with Crippen LogP contribution in [0.4, 0.5) is 0 Å². The zero-order valence-corrected chi connectivity index (χ0v) is 12.3. The molecule has 0 bridgehead atoms. The van der Waals surface area contributed by atoms with Gasteiger partial charge in [0.2, 0.25) is 5.91 Å². The molecule has 0 heterocycles. The summed E-state index contributed by atoms with van der Waals surface area (Å²) in [5.41, 5.74) is 0.260. The molecule has 1 rings (SSSR count). The van der Waals surface area contributed by atoms with Crippen LogP contribution < -0.4 is 10.1 Å². The van der Waals surface area contributed by atoms with Gasteiger partial charge in [0, 0.05) is 18.7 Å². The molecule has 1 aromatic carbocycles. The summed E-state index contributed by atoms with van der Waals surface area (Å²) in [6.07, 6.45) is 0. The predicted molar refractivity (Wildman–Crippen MR) is 75.9 cm³/mol. The van der Waals surface area contributed by atoms with Crippen LogP contribution in [-0.4, -0.2) is 38.6 Å². The molecule has 21 heavy (non-hydrogen) atoms. The van der Waals surface area contributed by atoms with Crippen molar-refractivity contribution in [2.24, 2.45) is 5.92 Å². The van der Waals surface area contributed by atoms with E-state index in [1.54, 1.807) is 31.2 Å². The molecule has 6 heteroatoms. The third-order valence-electron chi connectivity index (χ3n) is 2.81. The van der Waals surface area contributed by atoms with Gasteiger partial charge in [-0.2, -0.15) is 5.26 Å². The number of benzene rings is 1. The molecule has 0 aliphatic heterocycles. The highest BCUT2D eigenvalue weighted by molar-refractivity contribution is 6.12. The van der Waals surface area contributed by atoms with Gasteiger partial charge in [-0.1, -0.05) is 12.1 Å². The molecular weight excluding hydrogens is 272 g/mol.